The highest BCUT2D eigenvalue weighted by Crippen LogP contribution is 2.30. The van der Waals surface area contributed by atoms with E-state index in [0.29, 0.717) is 34.4 Å². The third-order valence-corrected chi connectivity index (χ3v) is 3.85. The SMILES string of the molecule is CS(=O)(=O)CCCNc1cc(Cl)c(Cl)cc1N. The van der Waals surface area contributed by atoms with Crippen LogP contribution in [0.4, 0.5) is 11.4 Å². The van der Waals surface area contributed by atoms with E-state index in [0.717, 1.165) is 0 Å². The van der Waals surface area contributed by atoms with Gasteiger partial charge in [-0.25, -0.2) is 8.42 Å². The highest BCUT2D eigenvalue weighted by atomic mass is 35.5. The summed E-state index contributed by atoms with van der Waals surface area (Å²) in [7, 11) is -2.92. The van der Waals surface area contributed by atoms with Crippen LogP contribution in [0, 0.1) is 0 Å². The molecule has 1 aromatic rings. The van der Waals surface area contributed by atoms with Crippen LogP contribution in [0.1, 0.15) is 6.42 Å². The normalized spacial score (nSPS) is 11.5. The molecule has 96 valence electrons. The first-order valence-corrected chi connectivity index (χ1v) is 7.77. The van der Waals surface area contributed by atoms with E-state index in [2.05, 4.69) is 5.32 Å². The van der Waals surface area contributed by atoms with Crippen molar-refractivity contribution in [2.24, 2.45) is 0 Å². The molecule has 0 bridgehead atoms. The van der Waals surface area contributed by atoms with Crippen molar-refractivity contribution >= 4 is 44.4 Å². The molecule has 0 saturated carbocycles. The lowest BCUT2D eigenvalue weighted by Gasteiger charge is -2.10. The van der Waals surface area contributed by atoms with Gasteiger partial charge in [0.2, 0.25) is 0 Å². The Balaban J connectivity index is 2.55. The molecule has 0 aliphatic heterocycles. The van der Waals surface area contributed by atoms with Gasteiger partial charge in [0.1, 0.15) is 9.84 Å². The molecular weight excluding hydrogens is 283 g/mol. The monoisotopic (exact) mass is 296 g/mol. The van der Waals surface area contributed by atoms with E-state index >= 15 is 0 Å². The molecule has 17 heavy (non-hydrogen) atoms. The van der Waals surface area contributed by atoms with Gasteiger partial charge in [-0.2, -0.15) is 0 Å². The van der Waals surface area contributed by atoms with Crippen LogP contribution >= 0.6 is 23.2 Å². The number of hydrogen-bond acceptors (Lipinski definition) is 4. The first-order chi connectivity index (χ1) is 7.79. The third-order valence-electron chi connectivity index (χ3n) is 2.10. The molecule has 0 heterocycles. The molecule has 1 aromatic carbocycles. The molecular formula is C10H14Cl2N2O2S. The van der Waals surface area contributed by atoms with E-state index in [1.165, 1.54) is 6.26 Å². The van der Waals surface area contributed by atoms with Gasteiger partial charge in [-0.15, -0.1) is 0 Å². The van der Waals surface area contributed by atoms with Crippen LogP contribution < -0.4 is 11.1 Å². The zero-order valence-electron chi connectivity index (χ0n) is 9.33. The molecule has 0 saturated heterocycles. The highest BCUT2D eigenvalue weighted by Gasteiger charge is 2.05. The Labute approximate surface area is 111 Å². The number of nitrogens with one attached hydrogen (secondary N) is 1. The molecule has 0 atom stereocenters. The summed E-state index contributed by atoms with van der Waals surface area (Å²) in [5, 5.41) is 3.82. The second-order valence-corrected chi connectivity index (χ2v) is 6.84. The quantitative estimate of drug-likeness (QED) is 0.646. The molecule has 0 aliphatic carbocycles. The van der Waals surface area contributed by atoms with Crippen LogP contribution in [0.3, 0.4) is 0 Å². The predicted molar refractivity (Wildman–Crippen MR) is 73.7 cm³/mol. The molecule has 0 aliphatic rings. The van der Waals surface area contributed by atoms with Crippen LogP contribution in [-0.4, -0.2) is 27.0 Å². The number of rotatable bonds is 5. The van der Waals surface area contributed by atoms with Gasteiger partial charge in [0, 0.05) is 12.8 Å². The van der Waals surface area contributed by atoms with E-state index in [9.17, 15) is 8.42 Å². The fraction of sp³-hybridized carbons (Fsp3) is 0.400. The Morgan fingerprint density at radius 3 is 2.47 bits per heavy atom. The largest absolute Gasteiger partial charge is 0.397 e. The molecule has 7 heteroatoms. The maximum Gasteiger partial charge on any atom is 0.147 e. The lowest BCUT2D eigenvalue weighted by Crippen LogP contribution is -2.10. The van der Waals surface area contributed by atoms with Crippen LogP contribution in [0.2, 0.25) is 10.0 Å². The lowest BCUT2D eigenvalue weighted by molar-refractivity contribution is 0.600. The fourth-order valence-electron chi connectivity index (χ4n) is 1.27. The number of benzene rings is 1. The molecule has 1 rings (SSSR count). The maximum absolute atomic E-state index is 10.9. The molecule has 4 nitrogen and oxygen atoms in total. The second-order valence-electron chi connectivity index (χ2n) is 3.76. The van der Waals surface area contributed by atoms with Crippen molar-refractivity contribution in [2.45, 2.75) is 6.42 Å². The van der Waals surface area contributed by atoms with Gasteiger partial charge < -0.3 is 11.1 Å². The highest BCUT2D eigenvalue weighted by molar-refractivity contribution is 7.90. The van der Waals surface area contributed by atoms with Crippen molar-refractivity contribution in [1.29, 1.82) is 0 Å². The van der Waals surface area contributed by atoms with E-state index in [-0.39, 0.29) is 5.75 Å². The number of nitrogen functional groups attached to an aromatic ring is 1. The van der Waals surface area contributed by atoms with E-state index < -0.39 is 9.84 Å². The van der Waals surface area contributed by atoms with Gasteiger partial charge in [-0.05, 0) is 18.6 Å². The zero-order valence-corrected chi connectivity index (χ0v) is 11.7. The van der Waals surface area contributed by atoms with Crippen molar-refractivity contribution in [3.63, 3.8) is 0 Å². The summed E-state index contributed by atoms with van der Waals surface area (Å²) >= 11 is 11.6. The minimum atomic E-state index is -2.92. The first kappa shape index (κ1) is 14.4. The van der Waals surface area contributed by atoms with Crippen molar-refractivity contribution < 1.29 is 8.42 Å². The Morgan fingerprint density at radius 2 is 1.88 bits per heavy atom. The number of hydrogen-bond donors (Lipinski definition) is 2. The summed E-state index contributed by atoms with van der Waals surface area (Å²) in [5.41, 5.74) is 6.88. The Hall–Kier alpha value is -0.650. The van der Waals surface area contributed by atoms with Crippen LogP contribution in [0.15, 0.2) is 12.1 Å². The fourth-order valence-corrected chi connectivity index (χ4v) is 2.28. The lowest BCUT2D eigenvalue weighted by atomic mass is 10.2. The van der Waals surface area contributed by atoms with E-state index in [4.69, 9.17) is 28.9 Å². The molecule has 0 amide bonds. The Kier molecular flexibility index (Phi) is 4.91. The van der Waals surface area contributed by atoms with Gasteiger partial charge in [0.25, 0.3) is 0 Å². The summed E-state index contributed by atoms with van der Waals surface area (Å²) in [6, 6.07) is 3.18. The summed E-state index contributed by atoms with van der Waals surface area (Å²) in [6.07, 6.45) is 1.72. The minimum Gasteiger partial charge on any atom is -0.397 e. The van der Waals surface area contributed by atoms with Crippen molar-refractivity contribution in [2.75, 3.05) is 29.6 Å². The topological polar surface area (TPSA) is 72.2 Å². The van der Waals surface area contributed by atoms with Crippen molar-refractivity contribution in [3.8, 4) is 0 Å². The maximum atomic E-state index is 10.9. The van der Waals surface area contributed by atoms with Crippen molar-refractivity contribution in [3.05, 3.63) is 22.2 Å². The Bertz CT molecular complexity index is 503. The standard InChI is InChI=1S/C10H14Cl2N2O2S/c1-17(15,16)4-2-3-14-10-6-8(12)7(11)5-9(10)13/h5-6,14H,2-4,13H2,1H3. The van der Waals surface area contributed by atoms with Crippen LogP contribution in [0.5, 0.6) is 0 Å². The van der Waals surface area contributed by atoms with E-state index in [1.807, 2.05) is 0 Å². The third kappa shape index (κ3) is 5.02. The number of sulfone groups is 1. The van der Waals surface area contributed by atoms with Gasteiger partial charge in [0.15, 0.2) is 0 Å². The summed E-state index contributed by atoms with van der Waals surface area (Å²) in [4.78, 5) is 0. The first-order valence-electron chi connectivity index (χ1n) is 4.96. The van der Waals surface area contributed by atoms with Gasteiger partial charge in [-0.3, -0.25) is 0 Å². The van der Waals surface area contributed by atoms with Gasteiger partial charge in [0.05, 0.1) is 27.2 Å². The number of halogens is 2. The summed E-state index contributed by atoms with van der Waals surface area (Å²) in [6.45, 7) is 0.509. The summed E-state index contributed by atoms with van der Waals surface area (Å²) < 4.78 is 21.8. The average Bonchev–Trinajstić information content (AvgIpc) is 2.18. The van der Waals surface area contributed by atoms with Crippen LogP contribution in [-0.2, 0) is 9.84 Å². The Morgan fingerprint density at radius 1 is 1.29 bits per heavy atom. The zero-order chi connectivity index (χ0) is 13.1. The number of nitrogens with two attached hydrogens (primary N) is 1. The smallest absolute Gasteiger partial charge is 0.147 e. The predicted octanol–water partition coefficient (Wildman–Crippen LogP) is 2.42. The van der Waals surface area contributed by atoms with Crippen molar-refractivity contribution in [1.82, 2.24) is 0 Å². The molecule has 0 radical (unpaired) electrons. The molecule has 0 fully saturated rings. The molecule has 0 unspecified atom stereocenters. The molecule has 0 aromatic heterocycles. The van der Waals surface area contributed by atoms with Crippen LogP contribution in [0.25, 0.3) is 0 Å². The number of anilines is 2. The van der Waals surface area contributed by atoms with Gasteiger partial charge in [-0.1, -0.05) is 23.2 Å². The molecule has 0 spiro atoms. The minimum absolute atomic E-state index is 0.140. The van der Waals surface area contributed by atoms with Gasteiger partial charge >= 0.3 is 0 Å². The second kappa shape index (κ2) is 5.80. The van der Waals surface area contributed by atoms with E-state index in [1.54, 1.807) is 12.1 Å². The molecule has 3 N–H and O–H groups in total. The average molecular weight is 297 g/mol. The summed E-state index contributed by atoms with van der Waals surface area (Å²) in [5.74, 6) is 0.140.